The molecule has 0 radical (unpaired) electrons. The number of aliphatic carboxylic acids is 1. The first-order valence-corrected chi connectivity index (χ1v) is 6.47. The van der Waals surface area contributed by atoms with E-state index in [1.807, 2.05) is 34.6 Å². The van der Waals surface area contributed by atoms with Crippen LogP contribution in [-0.4, -0.2) is 30.2 Å². The van der Waals surface area contributed by atoms with E-state index in [-0.39, 0.29) is 11.8 Å². The Hall–Kier alpha value is -1.10. The lowest BCUT2D eigenvalue weighted by Crippen LogP contribution is -2.42. The number of rotatable bonds is 6. The maximum Gasteiger partial charge on any atom is 0.322 e. The summed E-state index contributed by atoms with van der Waals surface area (Å²) in [5.41, 5.74) is 5.07. The van der Waals surface area contributed by atoms with E-state index in [9.17, 15) is 14.7 Å². The zero-order chi connectivity index (χ0) is 15.4. The summed E-state index contributed by atoms with van der Waals surface area (Å²) in [7, 11) is 1.28. The van der Waals surface area contributed by atoms with Crippen LogP contribution in [0.2, 0.25) is 0 Å². The van der Waals surface area contributed by atoms with E-state index in [4.69, 9.17) is 5.73 Å². The van der Waals surface area contributed by atoms with E-state index >= 15 is 0 Å². The third-order valence-electron chi connectivity index (χ3n) is 3.31. The van der Waals surface area contributed by atoms with Crippen LogP contribution < -0.4 is 5.73 Å². The molecule has 112 valence electrons. The number of methoxy groups -OCH3 is 1. The first-order chi connectivity index (χ1) is 8.40. The lowest BCUT2D eigenvalue weighted by atomic mass is 9.68. The lowest BCUT2D eigenvalue weighted by Gasteiger charge is -2.36. The van der Waals surface area contributed by atoms with Gasteiger partial charge in [-0.3, -0.25) is 9.59 Å². The van der Waals surface area contributed by atoms with Crippen molar-refractivity contribution < 1.29 is 19.4 Å². The first kappa shape index (κ1) is 17.9. The van der Waals surface area contributed by atoms with Crippen LogP contribution in [0.25, 0.3) is 0 Å². The van der Waals surface area contributed by atoms with Crippen LogP contribution in [0.3, 0.4) is 0 Å². The monoisotopic (exact) mass is 273 g/mol. The number of esters is 1. The van der Waals surface area contributed by atoms with Crippen molar-refractivity contribution in [2.24, 2.45) is 22.5 Å². The van der Waals surface area contributed by atoms with Gasteiger partial charge < -0.3 is 15.6 Å². The Morgan fingerprint density at radius 3 is 1.95 bits per heavy atom. The van der Waals surface area contributed by atoms with Crippen LogP contribution in [0, 0.1) is 16.7 Å². The quantitative estimate of drug-likeness (QED) is 0.723. The van der Waals surface area contributed by atoms with Crippen molar-refractivity contribution in [3.63, 3.8) is 0 Å². The van der Waals surface area contributed by atoms with Crippen molar-refractivity contribution in [3.8, 4) is 0 Å². The fourth-order valence-corrected chi connectivity index (χ4v) is 2.25. The summed E-state index contributed by atoms with van der Waals surface area (Å²) in [5.74, 6) is -1.91. The van der Waals surface area contributed by atoms with Crippen molar-refractivity contribution in [3.05, 3.63) is 0 Å². The van der Waals surface area contributed by atoms with Crippen LogP contribution >= 0.6 is 0 Å². The minimum absolute atomic E-state index is 0.102. The molecule has 0 aromatic rings. The molecule has 5 nitrogen and oxygen atoms in total. The van der Waals surface area contributed by atoms with Gasteiger partial charge >= 0.3 is 11.9 Å². The normalized spacial score (nSPS) is 15.7. The Labute approximate surface area is 115 Å². The fraction of sp³-hybridized carbons (Fsp3) is 0.857. The Balaban J connectivity index is 4.99. The molecule has 0 saturated carbocycles. The van der Waals surface area contributed by atoms with Gasteiger partial charge in [0, 0.05) is 0 Å². The average molecular weight is 273 g/mol. The molecule has 3 N–H and O–H groups in total. The molecule has 0 aliphatic rings. The maximum absolute atomic E-state index is 11.5. The van der Waals surface area contributed by atoms with Crippen LogP contribution in [0.5, 0.6) is 0 Å². The molecule has 0 bridgehead atoms. The van der Waals surface area contributed by atoms with Gasteiger partial charge in [0.25, 0.3) is 0 Å². The van der Waals surface area contributed by atoms with E-state index in [2.05, 4.69) is 4.74 Å². The number of carbonyl (C=O) groups is 2. The molecule has 2 unspecified atom stereocenters. The van der Waals surface area contributed by atoms with Crippen molar-refractivity contribution in [1.29, 1.82) is 0 Å². The molecule has 5 heteroatoms. The molecule has 0 fully saturated rings. The Morgan fingerprint density at radius 1 is 1.16 bits per heavy atom. The number of carboxylic acid groups (broad SMARTS) is 1. The van der Waals surface area contributed by atoms with Crippen molar-refractivity contribution >= 4 is 11.9 Å². The molecule has 0 saturated heterocycles. The molecule has 0 aromatic carbocycles. The SMILES string of the molecule is COC(=O)C(N)CC(C)(C)C(CC(C)(C)C)C(=O)O. The molecule has 0 amide bonds. The zero-order valence-electron chi connectivity index (χ0n) is 12.8. The van der Waals surface area contributed by atoms with Crippen LogP contribution in [0.15, 0.2) is 0 Å². The topological polar surface area (TPSA) is 89.6 Å². The second-order valence-electron chi connectivity index (χ2n) is 6.98. The number of hydrogen-bond acceptors (Lipinski definition) is 4. The number of carboxylic acids is 1. The van der Waals surface area contributed by atoms with E-state index < -0.39 is 29.3 Å². The maximum atomic E-state index is 11.5. The van der Waals surface area contributed by atoms with Crippen molar-refractivity contribution in [2.75, 3.05) is 7.11 Å². The molecule has 19 heavy (non-hydrogen) atoms. The molecule has 0 aromatic heterocycles. The van der Waals surface area contributed by atoms with Crippen molar-refractivity contribution in [2.45, 2.75) is 53.5 Å². The van der Waals surface area contributed by atoms with Crippen LogP contribution in [-0.2, 0) is 14.3 Å². The minimum atomic E-state index is -0.850. The van der Waals surface area contributed by atoms with E-state index in [0.717, 1.165) is 0 Å². The number of hydrogen-bond donors (Lipinski definition) is 2. The third-order valence-corrected chi connectivity index (χ3v) is 3.31. The average Bonchev–Trinajstić information content (AvgIpc) is 2.22. The standard InChI is InChI=1S/C14H27NO4/c1-13(2,3)7-9(11(16)17)14(4,5)8-10(15)12(18)19-6/h9-10H,7-8,15H2,1-6H3,(H,16,17). The fourth-order valence-electron chi connectivity index (χ4n) is 2.25. The molecule has 0 aliphatic heterocycles. The van der Waals surface area contributed by atoms with Gasteiger partial charge in [0.1, 0.15) is 6.04 Å². The molecular weight excluding hydrogens is 246 g/mol. The largest absolute Gasteiger partial charge is 0.481 e. The first-order valence-electron chi connectivity index (χ1n) is 6.47. The molecule has 0 rings (SSSR count). The summed E-state index contributed by atoms with van der Waals surface area (Å²) in [6.45, 7) is 9.67. The summed E-state index contributed by atoms with van der Waals surface area (Å²) in [5, 5.41) is 9.42. The molecule has 0 aliphatic carbocycles. The van der Waals surface area contributed by atoms with Crippen LogP contribution in [0.1, 0.15) is 47.5 Å². The van der Waals surface area contributed by atoms with E-state index in [0.29, 0.717) is 6.42 Å². The lowest BCUT2D eigenvalue weighted by molar-refractivity contribution is -0.150. The van der Waals surface area contributed by atoms with Crippen molar-refractivity contribution in [1.82, 2.24) is 0 Å². The summed E-state index contributed by atoms with van der Waals surface area (Å²) < 4.78 is 4.59. The van der Waals surface area contributed by atoms with Gasteiger partial charge in [0.15, 0.2) is 0 Å². The number of nitrogens with two attached hydrogens (primary N) is 1. The Morgan fingerprint density at radius 2 is 1.63 bits per heavy atom. The number of ether oxygens (including phenoxy) is 1. The third kappa shape index (κ3) is 6.05. The summed E-state index contributed by atoms with van der Waals surface area (Å²) >= 11 is 0. The Kier molecular flexibility index (Phi) is 6.00. The van der Waals surface area contributed by atoms with Gasteiger partial charge in [-0.15, -0.1) is 0 Å². The highest BCUT2D eigenvalue weighted by Crippen LogP contribution is 2.39. The van der Waals surface area contributed by atoms with E-state index in [1.165, 1.54) is 7.11 Å². The summed E-state index contributed by atoms with van der Waals surface area (Å²) in [6.07, 6.45) is 0.815. The second-order valence-corrected chi connectivity index (χ2v) is 6.98. The summed E-state index contributed by atoms with van der Waals surface area (Å²) in [6, 6.07) is -0.790. The number of carbonyl (C=O) groups excluding carboxylic acids is 1. The van der Waals surface area contributed by atoms with Gasteiger partial charge in [0.2, 0.25) is 0 Å². The highest BCUT2D eigenvalue weighted by atomic mass is 16.5. The smallest absolute Gasteiger partial charge is 0.322 e. The molecule has 2 atom stereocenters. The highest BCUT2D eigenvalue weighted by Gasteiger charge is 2.40. The van der Waals surface area contributed by atoms with Gasteiger partial charge in [-0.25, -0.2) is 0 Å². The molecule has 0 heterocycles. The molecule has 0 spiro atoms. The van der Waals surface area contributed by atoms with Gasteiger partial charge in [0.05, 0.1) is 13.0 Å². The Bertz CT molecular complexity index is 331. The zero-order valence-corrected chi connectivity index (χ0v) is 12.8. The highest BCUT2D eigenvalue weighted by molar-refractivity contribution is 5.76. The van der Waals surface area contributed by atoms with Gasteiger partial charge in [-0.1, -0.05) is 34.6 Å². The molecular formula is C14H27NO4. The van der Waals surface area contributed by atoms with E-state index in [1.54, 1.807) is 0 Å². The predicted octanol–water partition coefficient (Wildman–Crippen LogP) is 2.04. The van der Waals surface area contributed by atoms with Gasteiger partial charge in [-0.05, 0) is 23.7 Å². The summed E-state index contributed by atoms with van der Waals surface area (Å²) in [4.78, 5) is 22.9. The predicted molar refractivity (Wildman–Crippen MR) is 73.6 cm³/mol. The second kappa shape index (κ2) is 6.37. The van der Waals surface area contributed by atoms with Crippen LogP contribution in [0.4, 0.5) is 0 Å². The van der Waals surface area contributed by atoms with Gasteiger partial charge in [-0.2, -0.15) is 0 Å². The minimum Gasteiger partial charge on any atom is -0.481 e.